The summed E-state index contributed by atoms with van der Waals surface area (Å²) < 4.78 is 5.34. The van der Waals surface area contributed by atoms with E-state index in [4.69, 9.17) is 4.74 Å². The van der Waals surface area contributed by atoms with Crippen LogP contribution in [0.4, 0.5) is 5.69 Å². The van der Waals surface area contributed by atoms with Crippen molar-refractivity contribution >= 4 is 40.6 Å². The van der Waals surface area contributed by atoms with Crippen molar-refractivity contribution in [2.24, 2.45) is 23.7 Å². The Balaban J connectivity index is 1.33. The van der Waals surface area contributed by atoms with E-state index >= 15 is 9.59 Å². The first kappa shape index (κ1) is 32.9. The first-order valence-corrected chi connectivity index (χ1v) is 17.0. The van der Waals surface area contributed by atoms with Crippen molar-refractivity contribution < 1.29 is 44.0 Å². The Morgan fingerprint density at radius 1 is 0.827 bits per heavy atom. The molecule has 260 valence electrons. The van der Waals surface area contributed by atoms with E-state index in [0.29, 0.717) is 16.7 Å². The van der Waals surface area contributed by atoms with E-state index in [0.717, 1.165) is 22.6 Å². The number of phenolic OH excluding ortho intramolecular Hbond substituents is 1. The molecule has 4 aromatic rings. The van der Waals surface area contributed by atoms with Crippen molar-refractivity contribution in [3.63, 3.8) is 0 Å². The minimum Gasteiger partial charge on any atom is -0.507 e. The van der Waals surface area contributed by atoms with Gasteiger partial charge in [0.05, 0.1) is 30.0 Å². The van der Waals surface area contributed by atoms with Crippen molar-refractivity contribution in [1.82, 2.24) is 0 Å². The fourth-order valence-corrected chi connectivity index (χ4v) is 9.23. The number of amides is 2. The van der Waals surface area contributed by atoms with E-state index in [1.807, 2.05) is 42.5 Å². The number of hydrogen-bond acceptors (Lipinski definition) is 8. The second-order valence-corrected chi connectivity index (χ2v) is 13.7. The molecule has 10 nitrogen and oxygen atoms in total. The Labute approximate surface area is 298 Å². The summed E-state index contributed by atoms with van der Waals surface area (Å²) in [6.07, 6.45) is 3.60. The van der Waals surface area contributed by atoms with Gasteiger partial charge >= 0.3 is 5.97 Å². The molecule has 1 heterocycles. The van der Waals surface area contributed by atoms with Crippen LogP contribution in [0.2, 0.25) is 0 Å². The van der Waals surface area contributed by atoms with Gasteiger partial charge in [0.25, 0.3) is 0 Å². The van der Waals surface area contributed by atoms with Crippen LogP contribution in [0.5, 0.6) is 17.2 Å². The molecule has 2 fully saturated rings. The number of ether oxygens (including phenoxy) is 1. The van der Waals surface area contributed by atoms with Crippen LogP contribution in [0.3, 0.4) is 0 Å². The van der Waals surface area contributed by atoms with E-state index < -0.39 is 58.5 Å². The summed E-state index contributed by atoms with van der Waals surface area (Å²) in [6.45, 7) is 0. The first-order chi connectivity index (χ1) is 25.1. The fraction of sp³-hybridized carbons (Fsp3) is 0.214. The molecule has 0 aromatic heterocycles. The highest BCUT2D eigenvalue weighted by molar-refractivity contribution is 6.32. The molecule has 0 unspecified atom stereocenters. The average molecular weight is 696 g/mol. The molecule has 1 saturated heterocycles. The highest BCUT2D eigenvalue weighted by Crippen LogP contribution is 2.64. The van der Waals surface area contributed by atoms with Crippen LogP contribution in [0.1, 0.15) is 45.8 Å². The second-order valence-electron chi connectivity index (χ2n) is 13.7. The van der Waals surface area contributed by atoms with Gasteiger partial charge in [-0.2, -0.15) is 0 Å². The number of fused-ring (bicyclic) bond motifs is 4. The van der Waals surface area contributed by atoms with Crippen LogP contribution >= 0.6 is 0 Å². The van der Waals surface area contributed by atoms with Crippen molar-refractivity contribution in [2.75, 3.05) is 12.0 Å². The third kappa shape index (κ3) is 4.67. The maximum Gasteiger partial charge on any atom is 0.339 e. The number of hydrogen-bond donors (Lipinski definition) is 3. The van der Waals surface area contributed by atoms with Gasteiger partial charge in [-0.15, -0.1) is 0 Å². The molecule has 0 bridgehead atoms. The molecule has 1 aliphatic heterocycles. The third-order valence-corrected chi connectivity index (χ3v) is 11.4. The monoisotopic (exact) mass is 695 g/mol. The number of aromatic hydroxyl groups is 2. The lowest BCUT2D eigenvalue weighted by Gasteiger charge is -2.55. The maximum absolute atomic E-state index is 15.1. The summed E-state index contributed by atoms with van der Waals surface area (Å²) >= 11 is 0. The molecule has 10 heteroatoms. The van der Waals surface area contributed by atoms with E-state index in [1.54, 1.807) is 36.4 Å². The van der Waals surface area contributed by atoms with Crippen molar-refractivity contribution in [3.05, 3.63) is 137 Å². The number of carboxylic acid groups (broad SMARTS) is 1. The molecule has 1 saturated carbocycles. The van der Waals surface area contributed by atoms with Gasteiger partial charge in [-0.1, -0.05) is 78.4 Å². The Kier molecular flexibility index (Phi) is 7.71. The van der Waals surface area contributed by atoms with Crippen LogP contribution in [-0.2, 0) is 24.6 Å². The fourth-order valence-electron chi connectivity index (χ4n) is 9.23. The molecule has 3 N–H and O–H groups in total. The van der Waals surface area contributed by atoms with Crippen LogP contribution in [-0.4, -0.2) is 51.8 Å². The number of ketones is 2. The predicted molar refractivity (Wildman–Crippen MR) is 189 cm³/mol. The summed E-state index contributed by atoms with van der Waals surface area (Å²) in [4.78, 5) is 71.2. The highest BCUT2D eigenvalue weighted by Gasteiger charge is 2.66. The zero-order chi connectivity index (χ0) is 36.5. The molecule has 6 atom stereocenters. The third-order valence-electron chi connectivity index (χ3n) is 11.4. The van der Waals surface area contributed by atoms with Gasteiger partial charge in [0.15, 0.2) is 23.1 Å². The van der Waals surface area contributed by atoms with Gasteiger partial charge in [-0.3, -0.25) is 19.2 Å². The van der Waals surface area contributed by atoms with E-state index in [9.17, 15) is 29.7 Å². The average Bonchev–Trinajstić information content (AvgIpc) is 3.41. The summed E-state index contributed by atoms with van der Waals surface area (Å²) in [5.74, 6) is -7.62. The summed E-state index contributed by atoms with van der Waals surface area (Å²) in [7, 11) is 1.43. The van der Waals surface area contributed by atoms with E-state index in [1.165, 1.54) is 25.3 Å². The molecular weight excluding hydrogens is 662 g/mol. The molecule has 8 rings (SSSR count). The molecular formula is C42H33NO9. The number of carboxylic acids is 1. The highest BCUT2D eigenvalue weighted by atomic mass is 16.5. The second kappa shape index (κ2) is 12.2. The van der Waals surface area contributed by atoms with Crippen molar-refractivity contribution in [3.8, 4) is 17.2 Å². The molecule has 4 aromatic carbocycles. The smallest absolute Gasteiger partial charge is 0.339 e. The summed E-state index contributed by atoms with van der Waals surface area (Å²) in [6, 6.07) is 26.5. The van der Waals surface area contributed by atoms with Gasteiger partial charge in [-0.25, -0.2) is 9.69 Å². The number of methoxy groups -OCH3 is 1. The lowest BCUT2D eigenvalue weighted by atomic mass is 9.44. The summed E-state index contributed by atoms with van der Waals surface area (Å²) in [5, 5.41) is 31.0. The normalized spacial score (nSPS) is 26.6. The zero-order valence-electron chi connectivity index (χ0n) is 27.9. The SMILES string of the molecule is COc1ccc([C@H]2C3=CC[C@@H]4C(=O)N(c5ccc(C(=O)O)c(O)c5)C(=O)[C@@H]4[C@@H]3C[C@H]3C(=O)C(c4ccccc4)=CC(=O)[C@@]23c2ccccc2)cc1O. The number of allylic oxidation sites excluding steroid dienone is 4. The van der Waals surface area contributed by atoms with Gasteiger partial charge in [0.2, 0.25) is 11.8 Å². The van der Waals surface area contributed by atoms with Crippen molar-refractivity contribution in [2.45, 2.75) is 24.2 Å². The molecule has 0 radical (unpaired) electrons. The Hall–Kier alpha value is -6.29. The van der Waals surface area contributed by atoms with E-state index in [-0.39, 0.29) is 52.7 Å². The number of carbonyl (C=O) groups is 5. The Bertz CT molecular complexity index is 2260. The Morgan fingerprint density at radius 3 is 2.19 bits per heavy atom. The van der Waals surface area contributed by atoms with Gasteiger partial charge in [0.1, 0.15) is 11.3 Å². The van der Waals surface area contributed by atoms with Crippen LogP contribution in [0.15, 0.2) is 115 Å². The summed E-state index contributed by atoms with van der Waals surface area (Å²) in [5.41, 5.74) is 0.941. The van der Waals surface area contributed by atoms with E-state index in [2.05, 4.69) is 0 Å². The zero-order valence-corrected chi connectivity index (χ0v) is 27.9. The predicted octanol–water partition coefficient (Wildman–Crippen LogP) is 5.83. The minimum absolute atomic E-state index is 0.0396. The minimum atomic E-state index is -1.46. The molecule has 0 spiro atoms. The number of nitrogens with zero attached hydrogens (tertiary/aromatic N) is 1. The van der Waals surface area contributed by atoms with Crippen molar-refractivity contribution in [1.29, 1.82) is 0 Å². The largest absolute Gasteiger partial charge is 0.507 e. The quantitative estimate of drug-likeness (QED) is 0.167. The molecule has 2 amide bonds. The van der Waals surface area contributed by atoms with Gasteiger partial charge in [0, 0.05) is 23.5 Å². The lowest BCUT2D eigenvalue weighted by molar-refractivity contribution is -0.135. The van der Waals surface area contributed by atoms with Crippen LogP contribution in [0, 0.1) is 23.7 Å². The number of rotatable bonds is 6. The van der Waals surface area contributed by atoms with Gasteiger partial charge in [-0.05, 0) is 65.8 Å². The van der Waals surface area contributed by atoms with Crippen LogP contribution in [0.25, 0.3) is 5.57 Å². The molecule has 3 aliphatic carbocycles. The number of phenols is 2. The number of benzene rings is 4. The lowest BCUT2D eigenvalue weighted by Crippen LogP contribution is -2.58. The standard InChI is InChI=1S/C42H33NO9/c1-52-34-17-12-23(18-33(34)45)37-26-15-16-28-36(40(49)43(39(28)48)25-13-14-27(41(50)51)32(44)19-25)30(26)20-31-38(47)29(22-8-4-2-5-9-22)21-35(46)42(31,37)24-10-6-3-7-11-24/h2-15,17-19,21,28,30-31,36-37,44-45H,16,20H2,1H3,(H,50,51)/t28-,30+,31-,36-,37-,42-/m0/s1. The first-order valence-electron chi connectivity index (χ1n) is 17.0. The van der Waals surface area contributed by atoms with Gasteiger partial charge < -0.3 is 20.1 Å². The number of carbonyl (C=O) groups excluding carboxylic acids is 4. The number of imide groups is 1. The Morgan fingerprint density at radius 2 is 1.54 bits per heavy atom. The molecule has 4 aliphatic rings. The topological polar surface area (TPSA) is 159 Å². The maximum atomic E-state index is 15.1. The van der Waals surface area contributed by atoms with Crippen LogP contribution < -0.4 is 9.64 Å². The molecule has 52 heavy (non-hydrogen) atoms. The number of anilines is 1. The number of Topliss-reactive ketones (excluding diaryl/α,β-unsaturated/α-hetero) is 1. The number of aromatic carboxylic acids is 1.